The lowest BCUT2D eigenvalue weighted by Crippen LogP contribution is -2.31. The van der Waals surface area contributed by atoms with Gasteiger partial charge in [0.25, 0.3) is 5.91 Å². The van der Waals surface area contributed by atoms with Crippen LogP contribution in [0.5, 0.6) is 5.75 Å². The van der Waals surface area contributed by atoms with Crippen molar-refractivity contribution in [2.45, 2.75) is 13.0 Å². The number of benzene rings is 2. The number of hydrogen-bond donors (Lipinski definition) is 1. The van der Waals surface area contributed by atoms with E-state index in [4.69, 9.17) is 4.74 Å². The molecule has 5 nitrogen and oxygen atoms in total. The van der Waals surface area contributed by atoms with E-state index in [1.54, 1.807) is 10.9 Å². The summed E-state index contributed by atoms with van der Waals surface area (Å²) in [4.78, 5) is 12.1. The average Bonchev–Trinajstić information content (AvgIpc) is 3.15. The second kappa shape index (κ2) is 7.77. The molecular formula is C19H17F2N3O2. The minimum atomic E-state index is -0.852. The second-order valence-corrected chi connectivity index (χ2v) is 5.66. The van der Waals surface area contributed by atoms with Gasteiger partial charge in [0.05, 0.1) is 11.7 Å². The summed E-state index contributed by atoms with van der Waals surface area (Å²) >= 11 is 0. The summed E-state index contributed by atoms with van der Waals surface area (Å²) in [6, 6.07) is 12.0. The predicted octanol–water partition coefficient (Wildman–Crippen LogP) is 3.41. The van der Waals surface area contributed by atoms with Gasteiger partial charge in [-0.15, -0.1) is 0 Å². The van der Waals surface area contributed by atoms with E-state index in [1.165, 1.54) is 0 Å². The van der Waals surface area contributed by atoms with Gasteiger partial charge in [-0.3, -0.25) is 4.79 Å². The number of nitrogens with zero attached hydrogens (tertiary/aromatic N) is 2. The maximum Gasteiger partial charge on any atom is 0.258 e. The summed E-state index contributed by atoms with van der Waals surface area (Å²) in [5.74, 6) is -2.15. The highest BCUT2D eigenvalue weighted by Crippen LogP contribution is 2.21. The first kappa shape index (κ1) is 17.6. The molecule has 2 aromatic carbocycles. The molecule has 0 saturated heterocycles. The van der Waals surface area contributed by atoms with E-state index in [-0.39, 0.29) is 18.4 Å². The summed E-state index contributed by atoms with van der Waals surface area (Å²) in [5, 5.41) is 7.01. The number of ether oxygens (including phenoxy) is 1. The molecule has 7 heteroatoms. The summed E-state index contributed by atoms with van der Waals surface area (Å²) in [5.41, 5.74) is 1.72. The van der Waals surface area contributed by atoms with Crippen LogP contribution < -0.4 is 10.1 Å². The number of rotatable bonds is 6. The van der Waals surface area contributed by atoms with Crippen LogP contribution in [0.2, 0.25) is 0 Å². The van der Waals surface area contributed by atoms with Crippen molar-refractivity contribution in [3.8, 4) is 11.4 Å². The Morgan fingerprint density at radius 3 is 2.77 bits per heavy atom. The van der Waals surface area contributed by atoms with Crippen LogP contribution in [0.1, 0.15) is 18.5 Å². The summed E-state index contributed by atoms with van der Waals surface area (Å²) in [7, 11) is 0. The number of amides is 1. The maximum absolute atomic E-state index is 13.5. The topological polar surface area (TPSA) is 56.1 Å². The molecule has 1 aromatic heterocycles. The van der Waals surface area contributed by atoms with Crippen LogP contribution in [0.15, 0.2) is 60.9 Å². The van der Waals surface area contributed by atoms with Crippen LogP contribution in [-0.2, 0) is 4.79 Å². The van der Waals surface area contributed by atoms with Crippen LogP contribution in [-0.4, -0.2) is 22.3 Å². The Bertz CT molecular complexity index is 898. The molecule has 0 radical (unpaired) electrons. The van der Waals surface area contributed by atoms with Crippen molar-refractivity contribution < 1.29 is 18.3 Å². The first-order valence-corrected chi connectivity index (χ1v) is 8.01. The van der Waals surface area contributed by atoms with Crippen molar-refractivity contribution in [1.29, 1.82) is 0 Å². The van der Waals surface area contributed by atoms with E-state index >= 15 is 0 Å². The van der Waals surface area contributed by atoms with Gasteiger partial charge in [0.2, 0.25) is 0 Å². The zero-order valence-corrected chi connectivity index (χ0v) is 14.0. The van der Waals surface area contributed by atoms with Crippen molar-refractivity contribution in [1.82, 2.24) is 15.1 Å². The number of aromatic nitrogens is 2. The van der Waals surface area contributed by atoms with Crippen LogP contribution >= 0.6 is 0 Å². The molecule has 0 fully saturated rings. The third-order valence-electron chi connectivity index (χ3n) is 3.78. The average molecular weight is 357 g/mol. The van der Waals surface area contributed by atoms with E-state index in [0.717, 1.165) is 23.4 Å². The molecule has 0 aliphatic heterocycles. The second-order valence-electron chi connectivity index (χ2n) is 5.66. The van der Waals surface area contributed by atoms with Crippen LogP contribution in [0.4, 0.5) is 8.78 Å². The molecule has 1 atom stereocenters. The van der Waals surface area contributed by atoms with Crippen molar-refractivity contribution in [3.05, 3.63) is 78.1 Å². The Balaban J connectivity index is 1.65. The van der Waals surface area contributed by atoms with Gasteiger partial charge in [-0.2, -0.15) is 5.10 Å². The molecule has 0 unspecified atom stereocenters. The van der Waals surface area contributed by atoms with Gasteiger partial charge in [0.15, 0.2) is 18.2 Å². The molecule has 0 aliphatic rings. The standard InChI is InChI=1S/C19H17F2N3O2/c1-13(15-5-2-3-6-17(15)24-10-4-9-22-24)23-19(25)12-26-18-8-7-14(20)11-16(18)21/h2-11,13H,12H2,1H3,(H,23,25)/t13-/m0/s1. The largest absolute Gasteiger partial charge is 0.481 e. The number of carbonyl (C=O) groups excluding carboxylic acids is 1. The van der Waals surface area contributed by atoms with Gasteiger partial charge in [-0.25, -0.2) is 13.5 Å². The molecule has 1 N–H and O–H groups in total. The van der Waals surface area contributed by atoms with E-state index in [9.17, 15) is 13.6 Å². The number of hydrogen-bond acceptors (Lipinski definition) is 3. The number of halogens is 2. The van der Waals surface area contributed by atoms with Crippen LogP contribution in [0.25, 0.3) is 5.69 Å². The lowest BCUT2D eigenvalue weighted by molar-refractivity contribution is -0.123. The lowest BCUT2D eigenvalue weighted by atomic mass is 10.1. The number of nitrogens with one attached hydrogen (secondary N) is 1. The van der Waals surface area contributed by atoms with Gasteiger partial charge in [0, 0.05) is 18.5 Å². The highest BCUT2D eigenvalue weighted by molar-refractivity contribution is 5.78. The van der Waals surface area contributed by atoms with Crippen LogP contribution in [0, 0.1) is 11.6 Å². The third kappa shape index (κ3) is 4.05. The maximum atomic E-state index is 13.5. The molecule has 1 heterocycles. The summed E-state index contributed by atoms with van der Waals surface area (Å²) in [6.07, 6.45) is 3.49. The molecule has 3 rings (SSSR count). The fourth-order valence-corrected chi connectivity index (χ4v) is 2.57. The van der Waals surface area contributed by atoms with E-state index in [1.807, 2.05) is 43.5 Å². The van der Waals surface area contributed by atoms with Gasteiger partial charge in [0.1, 0.15) is 5.82 Å². The zero-order chi connectivity index (χ0) is 18.5. The van der Waals surface area contributed by atoms with Crippen molar-refractivity contribution in [2.75, 3.05) is 6.61 Å². The molecule has 0 spiro atoms. The molecule has 26 heavy (non-hydrogen) atoms. The molecule has 1 amide bonds. The van der Waals surface area contributed by atoms with Gasteiger partial charge < -0.3 is 10.1 Å². The van der Waals surface area contributed by atoms with Crippen LogP contribution in [0.3, 0.4) is 0 Å². The molecular weight excluding hydrogens is 340 g/mol. The minimum Gasteiger partial charge on any atom is -0.481 e. The summed E-state index contributed by atoms with van der Waals surface area (Å²) in [6.45, 7) is 1.45. The van der Waals surface area contributed by atoms with Gasteiger partial charge >= 0.3 is 0 Å². The Morgan fingerprint density at radius 1 is 1.23 bits per heavy atom. The molecule has 3 aromatic rings. The Hall–Kier alpha value is -3.22. The van der Waals surface area contributed by atoms with Gasteiger partial charge in [-0.1, -0.05) is 18.2 Å². The molecule has 134 valence electrons. The normalized spacial score (nSPS) is 11.8. The fraction of sp³-hybridized carbons (Fsp3) is 0.158. The van der Waals surface area contributed by atoms with Crippen molar-refractivity contribution in [2.24, 2.45) is 0 Å². The first-order chi connectivity index (χ1) is 12.5. The quantitative estimate of drug-likeness (QED) is 0.736. The molecule has 0 aliphatic carbocycles. The Morgan fingerprint density at radius 2 is 2.04 bits per heavy atom. The number of para-hydroxylation sites is 1. The van der Waals surface area contributed by atoms with Crippen molar-refractivity contribution >= 4 is 5.91 Å². The Kier molecular flexibility index (Phi) is 5.26. The third-order valence-corrected chi connectivity index (χ3v) is 3.78. The SMILES string of the molecule is C[C@H](NC(=O)COc1ccc(F)cc1F)c1ccccc1-n1cccn1. The number of carbonyl (C=O) groups is 1. The summed E-state index contributed by atoms with van der Waals surface area (Å²) < 4.78 is 33.2. The smallest absolute Gasteiger partial charge is 0.258 e. The van der Waals surface area contributed by atoms with E-state index in [2.05, 4.69) is 10.4 Å². The minimum absolute atomic E-state index is 0.175. The first-order valence-electron chi connectivity index (χ1n) is 8.01. The predicted molar refractivity (Wildman–Crippen MR) is 92.0 cm³/mol. The van der Waals surface area contributed by atoms with Crippen molar-refractivity contribution in [3.63, 3.8) is 0 Å². The monoisotopic (exact) mass is 357 g/mol. The molecule has 0 saturated carbocycles. The highest BCUT2D eigenvalue weighted by Gasteiger charge is 2.15. The van der Waals surface area contributed by atoms with E-state index in [0.29, 0.717) is 6.07 Å². The highest BCUT2D eigenvalue weighted by atomic mass is 19.1. The lowest BCUT2D eigenvalue weighted by Gasteiger charge is -2.18. The van der Waals surface area contributed by atoms with E-state index < -0.39 is 17.5 Å². The Labute approximate surface area is 149 Å². The molecule has 0 bridgehead atoms. The zero-order valence-electron chi connectivity index (χ0n) is 14.0. The fourth-order valence-electron chi connectivity index (χ4n) is 2.57. The van der Waals surface area contributed by atoms with Gasteiger partial charge in [-0.05, 0) is 36.8 Å².